The van der Waals surface area contributed by atoms with Crippen molar-refractivity contribution in [3.05, 3.63) is 78.0 Å². The van der Waals surface area contributed by atoms with Crippen molar-refractivity contribution < 1.29 is 14.6 Å². The van der Waals surface area contributed by atoms with Gasteiger partial charge in [0.2, 0.25) is 0 Å². The third kappa shape index (κ3) is 4.69. The Morgan fingerprint density at radius 3 is 2.81 bits per heavy atom. The van der Waals surface area contributed by atoms with Gasteiger partial charge >= 0.3 is 6.03 Å². The Morgan fingerprint density at radius 2 is 2.03 bits per heavy atom. The molecule has 1 aromatic carbocycles. The fourth-order valence-electron chi connectivity index (χ4n) is 4.02. The predicted octanol–water partition coefficient (Wildman–Crippen LogP) is 4.24. The number of benzene rings is 1. The molecule has 0 fully saturated rings. The average Bonchev–Trinajstić information content (AvgIpc) is 3.35. The molecular formula is C25H30N4O3. The zero-order valence-corrected chi connectivity index (χ0v) is 18.5. The van der Waals surface area contributed by atoms with Crippen LogP contribution in [-0.2, 0) is 18.0 Å². The Labute approximate surface area is 188 Å². The highest BCUT2D eigenvalue weighted by molar-refractivity contribution is 5.90. The lowest BCUT2D eigenvalue weighted by Crippen LogP contribution is -2.46. The Morgan fingerprint density at radius 1 is 1.25 bits per heavy atom. The number of rotatable bonds is 3. The van der Waals surface area contributed by atoms with Gasteiger partial charge in [-0.2, -0.15) is 5.10 Å². The smallest absolute Gasteiger partial charge is 0.320 e. The maximum atomic E-state index is 13.0. The lowest BCUT2D eigenvalue weighted by atomic mass is 9.78. The summed E-state index contributed by atoms with van der Waals surface area (Å²) >= 11 is 0. The zero-order valence-electron chi connectivity index (χ0n) is 18.5. The summed E-state index contributed by atoms with van der Waals surface area (Å²) in [5, 5.41) is 21.5. The van der Waals surface area contributed by atoms with Crippen LogP contribution in [0.3, 0.4) is 0 Å². The highest BCUT2D eigenvalue weighted by Crippen LogP contribution is 2.33. The second-order valence-corrected chi connectivity index (χ2v) is 8.92. The van der Waals surface area contributed by atoms with Gasteiger partial charge in [0, 0.05) is 5.56 Å². The summed E-state index contributed by atoms with van der Waals surface area (Å²) in [7, 11) is 0. The van der Waals surface area contributed by atoms with Crippen molar-refractivity contribution >= 4 is 11.8 Å². The van der Waals surface area contributed by atoms with Crippen LogP contribution in [-0.4, -0.2) is 33.1 Å². The molecule has 7 nitrogen and oxygen atoms in total. The molecule has 0 saturated carbocycles. The van der Waals surface area contributed by atoms with Crippen LogP contribution in [0.4, 0.5) is 10.6 Å². The monoisotopic (exact) mass is 434 g/mol. The van der Waals surface area contributed by atoms with Crippen molar-refractivity contribution in [2.45, 2.75) is 52.0 Å². The van der Waals surface area contributed by atoms with E-state index in [0.717, 1.165) is 22.5 Å². The molecule has 168 valence electrons. The van der Waals surface area contributed by atoms with Gasteiger partial charge in [0.15, 0.2) is 0 Å². The van der Waals surface area contributed by atoms with Gasteiger partial charge in [-0.25, -0.2) is 9.48 Å². The number of amides is 2. The van der Waals surface area contributed by atoms with Crippen molar-refractivity contribution in [3.63, 3.8) is 0 Å². The first kappa shape index (κ1) is 22.0. The van der Waals surface area contributed by atoms with E-state index < -0.39 is 18.2 Å². The second-order valence-electron chi connectivity index (χ2n) is 8.92. The molecule has 0 radical (unpaired) electrons. The van der Waals surface area contributed by atoms with E-state index in [9.17, 15) is 9.90 Å². The van der Waals surface area contributed by atoms with Crippen LogP contribution in [0.1, 0.15) is 37.9 Å². The Balaban J connectivity index is 1.54. The third-order valence-electron chi connectivity index (χ3n) is 6.09. The number of nitrogens with one attached hydrogen (secondary N) is 2. The number of carbonyl (C=O) groups is 1. The van der Waals surface area contributed by atoms with Crippen molar-refractivity contribution in [3.8, 4) is 5.69 Å². The van der Waals surface area contributed by atoms with Gasteiger partial charge < -0.3 is 15.2 Å². The molecular weight excluding hydrogens is 404 g/mol. The normalized spacial score (nSPS) is 24.4. The molecule has 1 aliphatic heterocycles. The molecule has 1 aliphatic carbocycles. The molecule has 2 aromatic rings. The molecule has 0 saturated heterocycles. The number of aromatic nitrogens is 2. The lowest BCUT2D eigenvalue weighted by molar-refractivity contribution is 0.0929. The highest BCUT2D eigenvalue weighted by atomic mass is 16.5. The van der Waals surface area contributed by atoms with Crippen LogP contribution in [0.25, 0.3) is 5.69 Å². The summed E-state index contributed by atoms with van der Waals surface area (Å²) in [6.45, 7) is 9.05. The molecule has 0 spiro atoms. The lowest BCUT2D eigenvalue weighted by Gasteiger charge is -2.32. The van der Waals surface area contributed by atoms with Crippen molar-refractivity contribution in [2.24, 2.45) is 5.41 Å². The molecule has 4 rings (SSSR count). The standard InChI is InChI=1S/C25H30N4O3/c1-17-10-6-4-9-13-20(22(30)14-25(17,2)3)26-24(31)27-23-19-15-32-16-21(19)28-29(23)18-11-7-5-8-12-18/h4-12,20,22,30H,1,13-16H2,2-3H3,(H2,26,27,31)/b9-4-,10-6-/t20-,22-/m1/s1. The fraction of sp³-hybridized carbons (Fsp3) is 0.360. The maximum absolute atomic E-state index is 13.0. The molecule has 0 unspecified atom stereocenters. The van der Waals surface area contributed by atoms with Crippen molar-refractivity contribution in [2.75, 3.05) is 5.32 Å². The third-order valence-corrected chi connectivity index (χ3v) is 6.09. The topological polar surface area (TPSA) is 88.4 Å². The number of fused-ring (bicyclic) bond motifs is 1. The molecule has 3 N–H and O–H groups in total. The average molecular weight is 435 g/mol. The Bertz CT molecular complexity index is 1050. The van der Waals surface area contributed by atoms with E-state index in [0.29, 0.717) is 31.9 Å². The number of carbonyl (C=O) groups excluding carboxylic acids is 1. The van der Waals surface area contributed by atoms with Gasteiger partial charge in [0.1, 0.15) is 5.82 Å². The highest BCUT2D eigenvalue weighted by Gasteiger charge is 2.31. The van der Waals surface area contributed by atoms with Crippen LogP contribution in [0, 0.1) is 5.41 Å². The van der Waals surface area contributed by atoms with Gasteiger partial charge in [0.05, 0.1) is 36.7 Å². The van der Waals surface area contributed by atoms with Gasteiger partial charge in [0.25, 0.3) is 0 Å². The number of allylic oxidation sites excluding steroid dienone is 4. The van der Waals surface area contributed by atoms with Crippen LogP contribution in [0.15, 0.2) is 66.8 Å². The number of hydrogen-bond acceptors (Lipinski definition) is 4. The van der Waals surface area contributed by atoms with Crippen LogP contribution in [0.2, 0.25) is 0 Å². The summed E-state index contributed by atoms with van der Waals surface area (Å²) < 4.78 is 7.24. The molecule has 1 aromatic heterocycles. The maximum Gasteiger partial charge on any atom is 0.320 e. The summed E-state index contributed by atoms with van der Waals surface area (Å²) in [4.78, 5) is 13.0. The predicted molar refractivity (Wildman–Crippen MR) is 124 cm³/mol. The molecule has 2 atom stereocenters. The summed E-state index contributed by atoms with van der Waals surface area (Å²) in [5.74, 6) is 0.586. The van der Waals surface area contributed by atoms with Gasteiger partial charge in [-0.3, -0.25) is 5.32 Å². The minimum Gasteiger partial charge on any atom is -0.391 e. The van der Waals surface area contributed by atoms with Crippen LogP contribution >= 0.6 is 0 Å². The van der Waals surface area contributed by atoms with Gasteiger partial charge in [-0.05, 0) is 36.0 Å². The van der Waals surface area contributed by atoms with E-state index in [4.69, 9.17) is 4.74 Å². The minimum atomic E-state index is -0.725. The Hall–Kier alpha value is -3.16. The summed E-state index contributed by atoms with van der Waals surface area (Å²) in [6.07, 6.45) is 8.05. The first-order valence-electron chi connectivity index (χ1n) is 10.9. The first-order chi connectivity index (χ1) is 15.3. The molecule has 2 aliphatic rings. The van der Waals surface area contributed by atoms with Gasteiger partial charge in [-0.15, -0.1) is 0 Å². The number of para-hydroxylation sites is 1. The number of hydrogen-bond donors (Lipinski definition) is 3. The van der Waals surface area contributed by atoms with E-state index in [1.54, 1.807) is 4.68 Å². The number of aliphatic hydroxyl groups is 1. The quantitative estimate of drug-likeness (QED) is 0.674. The SMILES string of the molecule is C=C1/C=C\C=C/C[C@@H](NC(=O)Nc2c3c(nn2-c2ccccc2)COC3)[C@H](O)CC1(C)C. The van der Waals surface area contributed by atoms with Crippen molar-refractivity contribution in [1.29, 1.82) is 0 Å². The molecule has 32 heavy (non-hydrogen) atoms. The fourth-order valence-corrected chi connectivity index (χ4v) is 4.02. The summed E-state index contributed by atoms with van der Waals surface area (Å²) in [6, 6.07) is 8.82. The van der Waals surface area contributed by atoms with Gasteiger partial charge in [-0.1, -0.05) is 62.9 Å². The van der Waals surface area contributed by atoms with E-state index in [-0.39, 0.29) is 5.41 Å². The van der Waals surface area contributed by atoms with E-state index in [1.165, 1.54) is 0 Å². The molecule has 2 amide bonds. The number of anilines is 1. The minimum absolute atomic E-state index is 0.290. The second kappa shape index (κ2) is 9.14. The molecule has 7 heteroatoms. The zero-order chi connectivity index (χ0) is 22.7. The van der Waals surface area contributed by atoms with Crippen molar-refractivity contribution in [1.82, 2.24) is 15.1 Å². The largest absolute Gasteiger partial charge is 0.391 e. The number of urea groups is 1. The number of nitrogens with zero attached hydrogens (tertiary/aromatic N) is 2. The Kier molecular flexibility index (Phi) is 6.30. The number of aliphatic hydroxyl groups excluding tert-OH is 1. The number of ether oxygens (including phenoxy) is 1. The molecule has 2 heterocycles. The van der Waals surface area contributed by atoms with Crippen LogP contribution < -0.4 is 10.6 Å². The summed E-state index contributed by atoms with van der Waals surface area (Å²) in [5.41, 5.74) is 3.19. The van der Waals surface area contributed by atoms with E-state index in [2.05, 4.69) is 22.3 Å². The molecule has 0 bridgehead atoms. The first-order valence-corrected chi connectivity index (χ1v) is 10.9. The van der Waals surface area contributed by atoms with E-state index in [1.807, 2.05) is 68.5 Å². The van der Waals surface area contributed by atoms with Crippen LogP contribution in [0.5, 0.6) is 0 Å². The van der Waals surface area contributed by atoms with E-state index >= 15 is 0 Å².